The average Bonchev–Trinajstić information content (AvgIpc) is 3.03. The second kappa shape index (κ2) is 7.71. The smallest absolute Gasteiger partial charge is 0.273 e. The third kappa shape index (κ3) is 3.26. The number of nitro benzene ring substituents is 1. The highest BCUT2D eigenvalue weighted by molar-refractivity contribution is 6.39. The average molecular weight is 400 g/mol. The number of carbonyl (C=O) groups is 2. The molecule has 0 aliphatic heterocycles. The van der Waals surface area contributed by atoms with Gasteiger partial charge in [0.25, 0.3) is 5.69 Å². The van der Waals surface area contributed by atoms with Crippen molar-refractivity contribution in [1.29, 1.82) is 0 Å². The molecule has 0 amide bonds. The number of nitro groups is 1. The summed E-state index contributed by atoms with van der Waals surface area (Å²) in [5.41, 5.74) is 1.76. The first-order chi connectivity index (χ1) is 14.5. The first-order valence-corrected chi connectivity index (χ1v) is 9.15. The minimum Gasteiger partial charge on any atom is -0.494 e. The lowest BCUT2D eigenvalue weighted by atomic mass is 9.92. The minimum atomic E-state index is -1.09. The molecule has 7 nitrogen and oxygen atoms in total. The van der Waals surface area contributed by atoms with E-state index in [0.29, 0.717) is 22.4 Å². The van der Waals surface area contributed by atoms with Crippen LogP contribution in [0.25, 0.3) is 0 Å². The van der Waals surface area contributed by atoms with Crippen LogP contribution in [0.2, 0.25) is 0 Å². The number of rotatable bonds is 5. The van der Waals surface area contributed by atoms with Gasteiger partial charge >= 0.3 is 0 Å². The Hall–Kier alpha value is -4.13. The summed E-state index contributed by atoms with van der Waals surface area (Å²) in [6.07, 6.45) is 0. The zero-order chi connectivity index (χ0) is 21.3. The van der Waals surface area contributed by atoms with Gasteiger partial charge in [-0.25, -0.2) is 4.99 Å². The topological polar surface area (TPSA) is 98.9 Å². The molecule has 1 aliphatic rings. The summed E-state index contributed by atoms with van der Waals surface area (Å²) in [6, 6.07) is 19.6. The van der Waals surface area contributed by atoms with Crippen LogP contribution in [0.5, 0.6) is 5.75 Å². The second-order valence-electron chi connectivity index (χ2n) is 6.68. The number of fused-ring (bicyclic) bond motifs is 1. The molecule has 0 bridgehead atoms. The fourth-order valence-electron chi connectivity index (χ4n) is 3.50. The second-order valence-corrected chi connectivity index (χ2v) is 6.68. The first kappa shape index (κ1) is 19.2. The molecule has 0 saturated carbocycles. The molecule has 148 valence electrons. The Morgan fingerprint density at radius 1 is 0.933 bits per heavy atom. The Labute approximate surface area is 171 Å². The van der Waals surface area contributed by atoms with Gasteiger partial charge in [-0.05, 0) is 11.6 Å². The molecule has 30 heavy (non-hydrogen) atoms. The van der Waals surface area contributed by atoms with Gasteiger partial charge in [0, 0.05) is 17.2 Å². The fraction of sp³-hybridized carbons (Fsp3) is 0.0870. The number of carbonyl (C=O) groups excluding carboxylic acids is 2. The predicted octanol–water partition coefficient (Wildman–Crippen LogP) is 4.42. The number of methoxy groups -OCH3 is 1. The summed E-state index contributed by atoms with van der Waals surface area (Å²) in [6.45, 7) is 0. The van der Waals surface area contributed by atoms with E-state index in [1.807, 2.05) is 6.07 Å². The van der Waals surface area contributed by atoms with E-state index >= 15 is 0 Å². The first-order valence-electron chi connectivity index (χ1n) is 9.15. The third-order valence-electron chi connectivity index (χ3n) is 4.94. The van der Waals surface area contributed by atoms with Crippen molar-refractivity contribution in [3.05, 3.63) is 99.6 Å². The lowest BCUT2D eigenvalue weighted by Gasteiger charge is -2.13. The number of aliphatic imine (C=N–C) groups is 1. The lowest BCUT2D eigenvalue weighted by Crippen LogP contribution is -2.26. The summed E-state index contributed by atoms with van der Waals surface area (Å²) in [7, 11) is 1.38. The number of hydrogen-bond acceptors (Lipinski definition) is 6. The monoisotopic (exact) mass is 400 g/mol. The van der Waals surface area contributed by atoms with Crippen LogP contribution in [0, 0.1) is 16.0 Å². The molecule has 0 saturated heterocycles. The molecule has 1 aliphatic carbocycles. The molecule has 0 aromatic heterocycles. The molecule has 3 aromatic rings. The van der Waals surface area contributed by atoms with Crippen molar-refractivity contribution in [2.24, 2.45) is 10.9 Å². The van der Waals surface area contributed by atoms with Gasteiger partial charge in [-0.2, -0.15) is 0 Å². The molecule has 0 N–H and O–H groups in total. The van der Waals surface area contributed by atoms with E-state index in [2.05, 4.69) is 4.99 Å². The molecule has 3 aromatic carbocycles. The van der Waals surface area contributed by atoms with Gasteiger partial charge < -0.3 is 4.74 Å². The number of non-ortho nitro benzene ring substituents is 1. The van der Waals surface area contributed by atoms with E-state index in [0.717, 1.165) is 0 Å². The minimum absolute atomic E-state index is 0.146. The molecular formula is C23H16N2O5. The van der Waals surface area contributed by atoms with Crippen molar-refractivity contribution >= 4 is 28.7 Å². The van der Waals surface area contributed by atoms with Crippen LogP contribution in [0.15, 0.2) is 77.8 Å². The SMILES string of the molecule is COc1cc([N+](=O)[O-])ccc1N=C(c1ccccc1)C1C(=O)c2ccccc2C1=O. The largest absolute Gasteiger partial charge is 0.494 e. The van der Waals surface area contributed by atoms with Crippen molar-refractivity contribution in [2.75, 3.05) is 7.11 Å². The fourth-order valence-corrected chi connectivity index (χ4v) is 3.50. The highest BCUT2D eigenvalue weighted by atomic mass is 16.6. The molecule has 0 radical (unpaired) electrons. The zero-order valence-electron chi connectivity index (χ0n) is 15.9. The Morgan fingerprint density at radius 2 is 1.53 bits per heavy atom. The van der Waals surface area contributed by atoms with Gasteiger partial charge in [0.05, 0.1) is 23.8 Å². The Kier molecular flexibility index (Phi) is 4.93. The van der Waals surface area contributed by atoms with Crippen molar-refractivity contribution in [2.45, 2.75) is 0 Å². The normalized spacial score (nSPS) is 14.0. The molecule has 0 unspecified atom stereocenters. The zero-order valence-corrected chi connectivity index (χ0v) is 15.9. The molecule has 0 atom stereocenters. The van der Waals surface area contributed by atoms with E-state index in [4.69, 9.17) is 4.74 Å². The maximum absolute atomic E-state index is 13.1. The summed E-state index contributed by atoms with van der Waals surface area (Å²) >= 11 is 0. The number of ketones is 2. The summed E-state index contributed by atoms with van der Waals surface area (Å²) < 4.78 is 5.27. The van der Waals surface area contributed by atoms with E-state index in [1.54, 1.807) is 48.5 Å². The van der Waals surface area contributed by atoms with Crippen molar-refractivity contribution in [3.63, 3.8) is 0 Å². The Morgan fingerprint density at radius 3 is 2.10 bits per heavy atom. The third-order valence-corrected chi connectivity index (χ3v) is 4.94. The van der Waals surface area contributed by atoms with Gasteiger partial charge in [0.2, 0.25) is 0 Å². The highest BCUT2D eigenvalue weighted by Gasteiger charge is 2.42. The van der Waals surface area contributed by atoms with Crippen LogP contribution in [0.1, 0.15) is 26.3 Å². The molecular weight excluding hydrogens is 384 g/mol. The highest BCUT2D eigenvalue weighted by Crippen LogP contribution is 2.35. The Bertz CT molecular complexity index is 1170. The van der Waals surface area contributed by atoms with Gasteiger partial charge in [-0.15, -0.1) is 0 Å². The maximum Gasteiger partial charge on any atom is 0.273 e. The Balaban J connectivity index is 1.89. The van der Waals surface area contributed by atoms with Crippen molar-refractivity contribution < 1.29 is 19.2 Å². The molecule has 7 heteroatoms. The van der Waals surface area contributed by atoms with Crippen molar-refractivity contribution in [1.82, 2.24) is 0 Å². The van der Waals surface area contributed by atoms with Crippen LogP contribution in [0.4, 0.5) is 11.4 Å². The summed E-state index contributed by atoms with van der Waals surface area (Å²) in [5.74, 6) is -1.56. The van der Waals surface area contributed by atoms with Crippen LogP contribution < -0.4 is 4.74 Å². The summed E-state index contributed by atoms with van der Waals surface area (Å²) in [5, 5.41) is 11.1. The van der Waals surface area contributed by atoms with Gasteiger partial charge in [-0.1, -0.05) is 54.6 Å². The number of nitrogens with zero attached hydrogens (tertiary/aromatic N) is 2. The van der Waals surface area contributed by atoms with Crippen molar-refractivity contribution in [3.8, 4) is 5.75 Å². The number of benzene rings is 3. The van der Waals surface area contributed by atoms with Crippen LogP contribution in [0.3, 0.4) is 0 Å². The van der Waals surface area contributed by atoms with E-state index in [9.17, 15) is 19.7 Å². The maximum atomic E-state index is 13.1. The van der Waals surface area contributed by atoms with Gasteiger partial charge in [0.15, 0.2) is 17.3 Å². The molecule has 0 fully saturated rings. The number of Topliss-reactive ketones (excluding diaryl/α,β-unsaturated/α-hetero) is 2. The van der Waals surface area contributed by atoms with Gasteiger partial charge in [0.1, 0.15) is 11.6 Å². The predicted molar refractivity (Wildman–Crippen MR) is 111 cm³/mol. The van der Waals surface area contributed by atoms with Crippen LogP contribution in [-0.2, 0) is 0 Å². The molecule has 0 heterocycles. The number of ether oxygens (including phenoxy) is 1. The van der Waals surface area contributed by atoms with E-state index < -0.39 is 10.8 Å². The molecule has 0 spiro atoms. The quantitative estimate of drug-likeness (QED) is 0.273. The van der Waals surface area contributed by atoms with Crippen LogP contribution >= 0.6 is 0 Å². The lowest BCUT2D eigenvalue weighted by molar-refractivity contribution is -0.384. The van der Waals surface area contributed by atoms with Crippen LogP contribution in [-0.4, -0.2) is 29.3 Å². The van der Waals surface area contributed by atoms with E-state index in [-0.39, 0.29) is 28.7 Å². The molecule has 4 rings (SSSR count). The van der Waals surface area contributed by atoms with Gasteiger partial charge in [-0.3, -0.25) is 19.7 Å². The number of hydrogen-bond donors (Lipinski definition) is 0. The summed E-state index contributed by atoms with van der Waals surface area (Å²) in [4.78, 5) is 41.3. The standard InChI is InChI=1S/C23H16N2O5/c1-30-19-13-15(25(28)29)11-12-18(19)24-21(14-7-3-2-4-8-14)20-22(26)16-9-5-6-10-17(16)23(20)27/h2-13,20H,1H3. The van der Waals surface area contributed by atoms with E-state index in [1.165, 1.54) is 25.3 Å².